The maximum atomic E-state index is 12.3. The molecule has 22 heavy (non-hydrogen) atoms. The number of nitriles is 1. The van der Waals surface area contributed by atoms with Crippen LogP contribution in [0, 0.1) is 11.5 Å². The molecule has 0 spiro atoms. The summed E-state index contributed by atoms with van der Waals surface area (Å²) in [5, 5.41) is 11.9. The second kappa shape index (κ2) is 6.56. The van der Waals surface area contributed by atoms with Crippen LogP contribution in [0.5, 0.6) is 0 Å². The number of likely N-dealkylation sites (tertiary alicyclic amines) is 1. The Bertz CT molecular complexity index is 547. The molecule has 0 saturated carbocycles. The molecule has 2 heterocycles. The molecule has 0 aliphatic carbocycles. The zero-order chi connectivity index (χ0) is 15.4. The van der Waals surface area contributed by atoms with Gasteiger partial charge in [-0.15, -0.1) is 0 Å². The molecule has 2 aliphatic rings. The number of urea groups is 1. The Kier molecular flexibility index (Phi) is 4.33. The highest BCUT2D eigenvalue weighted by molar-refractivity contribution is 5.75. The van der Waals surface area contributed by atoms with Crippen molar-refractivity contribution in [2.75, 3.05) is 44.2 Å². The number of hydrogen-bond acceptors (Lipinski definition) is 4. The molecule has 3 rings (SSSR count). The van der Waals surface area contributed by atoms with Crippen molar-refractivity contribution in [3.63, 3.8) is 0 Å². The highest BCUT2D eigenvalue weighted by Gasteiger charge is 2.26. The Balaban J connectivity index is 1.47. The minimum absolute atomic E-state index is 0.00231. The summed E-state index contributed by atoms with van der Waals surface area (Å²) in [5.41, 5.74) is 1.21. The van der Waals surface area contributed by atoms with Gasteiger partial charge in [-0.2, -0.15) is 5.26 Å². The van der Waals surface area contributed by atoms with E-state index in [-0.39, 0.29) is 12.1 Å². The van der Waals surface area contributed by atoms with Crippen LogP contribution in [0.15, 0.2) is 30.3 Å². The molecule has 1 unspecified atom stereocenters. The van der Waals surface area contributed by atoms with Crippen LogP contribution in [-0.2, 0) is 0 Å². The molecule has 116 valence electrons. The smallest absolute Gasteiger partial charge is 0.317 e. The molecule has 2 amide bonds. The standard InChI is InChI=1S/C16H21N5O/c17-13-19-7-6-14(12-19)18-16(22)21-10-8-20(9-11-21)15-4-2-1-3-5-15/h1-5,14H,6-12H2,(H,18,22). The lowest BCUT2D eigenvalue weighted by Crippen LogP contribution is -2.53. The number of carbonyl (C=O) groups is 1. The second-order valence-electron chi connectivity index (χ2n) is 5.79. The van der Waals surface area contributed by atoms with Crippen LogP contribution in [0.2, 0.25) is 0 Å². The van der Waals surface area contributed by atoms with Crippen molar-refractivity contribution in [2.24, 2.45) is 0 Å². The Morgan fingerprint density at radius 1 is 1.14 bits per heavy atom. The van der Waals surface area contributed by atoms with E-state index in [4.69, 9.17) is 5.26 Å². The number of benzene rings is 1. The fourth-order valence-corrected chi connectivity index (χ4v) is 3.04. The van der Waals surface area contributed by atoms with Gasteiger partial charge in [0.05, 0.1) is 6.04 Å². The Morgan fingerprint density at radius 2 is 1.86 bits per heavy atom. The first-order valence-electron chi connectivity index (χ1n) is 7.76. The molecule has 0 radical (unpaired) electrons. The molecule has 2 aliphatic heterocycles. The molecule has 1 N–H and O–H groups in total. The predicted molar refractivity (Wildman–Crippen MR) is 84.4 cm³/mol. The molecule has 6 nitrogen and oxygen atoms in total. The zero-order valence-electron chi connectivity index (χ0n) is 12.6. The number of amides is 2. The van der Waals surface area contributed by atoms with E-state index in [1.165, 1.54) is 5.69 Å². The van der Waals surface area contributed by atoms with Crippen LogP contribution in [0.25, 0.3) is 0 Å². The highest BCUT2D eigenvalue weighted by Crippen LogP contribution is 2.16. The van der Waals surface area contributed by atoms with Gasteiger partial charge < -0.3 is 20.0 Å². The van der Waals surface area contributed by atoms with E-state index in [1.807, 2.05) is 23.1 Å². The third-order valence-electron chi connectivity index (χ3n) is 4.35. The van der Waals surface area contributed by atoms with Gasteiger partial charge in [-0.25, -0.2) is 4.79 Å². The Morgan fingerprint density at radius 3 is 2.50 bits per heavy atom. The average Bonchev–Trinajstić information content (AvgIpc) is 3.03. The van der Waals surface area contributed by atoms with Crippen molar-refractivity contribution in [3.8, 4) is 6.19 Å². The minimum atomic E-state index is -0.00231. The number of para-hydroxylation sites is 1. The lowest BCUT2D eigenvalue weighted by molar-refractivity contribution is 0.190. The SMILES string of the molecule is N#CN1CCC(NC(=O)N2CCN(c3ccccc3)CC2)C1. The summed E-state index contributed by atoms with van der Waals surface area (Å²) in [7, 11) is 0. The van der Waals surface area contributed by atoms with Gasteiger partial charge in [-0.05, 0) is 18.6 Å². The van der Waals surface area contributed by atoms with Crippen LogP contribution in [0.4, 0.5) is 10.5 Å². The van der Waals surface area contributed by atoms with Gasteiger partial charge in [-0.3, -0.25) is 0 Å². The summed E-state index contributed by atoms with van der Waals surface area (Å²) in [6, 6.07) is 10.4. The first-order chi connectivity index (χ1) is 10.8. The molecular formula is C16H21N5O. The number of hydrogen-bond donors (Lipinski definition) is 1. The van der Waals surface area contributed by atoms with Gasteiger partial charge in [0.2, 0.25) is 0 Å². The summed E-state index contributed by atoms with van der Waals surface area (Å²) < 4.78 is 0. The third kappa shape index (κ3) is 3.25. The maximum Gasteiger partial charge on any atom is 0.317 e. The topological polar surface area (TPSA) is 62.6 Å². The Labute approximate surface area is 130 Å². The van der Waals surface area contributed by atoms with Crippen molar-refractivity contribution in [1.29, 1.82) is 5.26 Å². The van der Waals surface area contributed by atoms with Crippen molar-refractivity contribution < 1.29 is 4.79 Å². The number of carbonyl (C=O) groups excluding carboxylic acids is 1. The fraction of sp³-hybridized carbons (Fsp3) is 0.500. The molecule has 1 aromatic rings. The molecule has 0 aromatic heterocycles. The van der Waals surface area contributed by atoms with Crippen LogP contribution < -0.4 is 10.2 Å². The minimum Gasteiger partial charge on any atom is -0.368 e. The highest BCUT2D eigenvalue weighted by atomic mass is 16.2. The largest absolute Gasteiger partial charge is 0.368 e. The lowest BCUT2D eigenvalue weighted by atomic mass is 10.2. The second-order valence-corrected chi connectivity index (χ2v) is 5.79. The summed E-state index contributed by atoms with van der Waals surface area (Å²) in [6.07, 6.45) is 2.98. The van der Waals surface area contributed by atoms with Crippen molar-refractivity contribution >= 4 is 11.7 Å². The van der Waals surface area contributed by atoms with Crippen molar-refractivity contribution in [1.82, 2.24) is 15.1 Å². The third-order valence-corrected chi connectivity index (χ3v) is 4.35. The summed E-state index contributed by atoms with van der Waals surface area (Å²) in [6.45, 7) is 4.54. The molecule has 0 bridgehead atoms. The van der Waals surface area contributed by atoms with Crippen LogP contribution in [0.3, 0.4) is 0 Å². The molecule has 6 heteroatoms. The molecule has 2 fully saturated rings. The van der Waals surface area contributed by atoms with E-state index in [0.717, 1.165) is 39.1 Å². The van der Waals surface area contributed by atoms with Gasteiger partial charge in [0, 0.05) is 45.0 Å². The number of piperazine rings is 1. The van der Waals surface area contributed by atoms with Crippen LogP contribution in [0.1, 0.15) is 6.42 Å². The zero-order valence-corrected chi connectivity index (χ0v) is 12.6. The molecule has 2 saturated heterocycles. The molecule has 1 aromatic carbocycles. The molecular weight excluding hydrogens is 278 g/mol. The van der Waals surface area contributed by atoms with Crippen molar-refractivity contribution in [3.05, 3.63) is 30.3 Å². The van der Waals surface area contributed by atoms with Crippen LogP contribution >= 0.6 is 0 Å². The van der Waals surface area contributed by atoms with Gasteiger partial charge in [0.25, 0.3) is 0 Å². The van der Waals surface area contributed by atoms with Gasteiger partial charge >= 0.3 is 6.03 Å². The summed E-state index contributed by atoms with van der Waals surface area (Å²) in [4.78, 5) is 18.2. The quantitative estimate of drug-likeness (QED) is 0.830. The normalized spacial score (nSPS) is 21.6. The Hall–Kier alpha value is -2.42. The van der Waals surface area contributed by atoms with Gasteiger partial charge in [0.1, 0.15) is 0 Å². The van der Waals surface area contributed by atoms with Gasteiger partial charge in [0.15, 0.2) is 6.19 Å². The van der Waals surface area contributed by atoms with Gasteiger partial charge in [-0.1, -0.05) is 18.2 Å². The first-order valence-corrected chi connectivity index (χ1v) is 7.76. The average molecular weight is 299 g/mol. The number of nitrogens with one attached hydrogen (secondary N) is 1. The van der Waals surface area contributed by atoms with E-state index in [2.05, 4.69) is 28.5 Å². The lowest BCUT2D eigenvalue weighted by Gasteiger charge is -2.36. The number of nitrogens with zero attached hydrogens (tertiary/aromatic N) is 4. The number of rotatable bonds is 2. The first kappa shape index (κ1) is 14.5. The monoisotopic (exact) mass is 299 g/mol. The van der Waals surface area contributed by atoms with Crippen LogP contribution in [-0.4, -0.2) is 61.1 Å². The van der Waals surface area contributed by atoms with E-state index in [9.17, 15) is 4.79 Å². The maximum absolute atomic E-state index is 12.3. The van der Waals surface area contributed by atoms with E-state index in [0.29, 0.717) is 6.54 Å². The fourth-order valence-electron chi connectivity index (χ4n) is 3.04. The number of anilines is 1. The van der Waals surface area contributed by atoms with E-state index >= 15 is 0 Å². The summed E-state index contributed by atoms with van der Waals surface area (Å²) in [5.74, 6) is 0. The molecule has 1 atom stereocenters. The van der Waals surface area contributed by atoms with E-state index < -0.39 is 0 Å². The van der Waals surface area contributed by atoms with Crippen molar-refractivity contribution in [2.45, 2.75) is 12.5 Å². The summed E-state index contributed by atoms with van der Waals surface area (Å²) >= 11 is 0. The van der Waals surface area contributed by atoms with E-state index in [1.54, 1.807) is 4.90 Å². The predicted octanol–water partition coefficient (Wildman–Crippen LogP) is 1.07.